The molecule has 2 heterocycles. The minimum atomic E-state index is -1.35. The molecule has 3 rings (SSSR count). The average molecular weight is 464 g/mol. The maximum absolute atomic E-state index is 12.8. The van der Waals surface area contributed by atoms with Gasteiger partial charge in [-0.05, 0) is 19.1 Å². The number of Topliss-reactive ketones (excluding diaryl/α,β-unsaturated/α-hetero) is 1. The van der Waals surface area contributed by atoms with Crippen LogP contribution in [0.1, 0.15) is 6.92 Å². The maximum Gasteiger partial charge on any atom is 0.378 e. The van der Waals surface area contributed by atoms with E-state index < -0.39 is 29.9 Å². The first-order valence-electron chi connectivity index (χ1n) is 10.7. The van der Waals surface area contributed by atoms with Gasteiger partial charge < -0.3 is 28.4 Å². The highest BCUT2D eigenvalue weighted by molar-refractivity contribution is 6.46. The van der Waals surface area contributed by atoms with E-state index in [9.17, 15) is 14.4 Å². The molecule has 0 aliphatic carbocycles. The van der Waals surface area contributed by atoms with Gasteiger partial charge in [0.25, 0.3) is 11.7 Å². The molecule has 0 bridgehead atoms. The molecular formula is C22H28N2O9. The van der Waals surface area contributed by atoms with Gasteiger partial charge in [0.15, 0.2) is 5.92 Å². The van der Waals surface area contributed by atoms with E-state index in [1.54, 1.807) is 30.3 Å². The zero-order valence-corrected chi connectivity index (χ0v) is 18.5. The van der Waals surface area contributed by atoms with E-state index in [2.05, 4.69) is 5.10 Å². The number of ketones is 1. The molecule has 0 radical (unpaired) electrons. The molecule has 11 heteroatoms. The molecule has 1 saturated heterocycles. The van der Waals surface area contributed by atoms with Crippen molar-refractivity contribution in [3.05, 3.63) is 30.3 Å². The second-order valence-electron chi connectivity index (χ2n) is 7.14. The molecule has 2 atom stereocenters. The molecule has 2 aliphatic rings. The molecule has 180 valence electrons. The monoisotopic (exact) mass is 464 g/mol. The van der Waals surface area contributed by atoms with Crippen LogP contribution in [0.15, 0.2) is 35.4 Å². The lowest BCUT2D eigenvalue weighted by Gasteiger charge is -2.19. The zero-order valence-electron chi connectivity index (χ0n) is 18.5. The third-order valence-corrected chi connectivity index (χ3v) is 4.74. The number of anilines is 1. The van der Waals surface area contributed by atoms with Crippen molar-refractivity contribution in [2.75, 3.05) is 64.5 Å². The van der Waals surface area contributed by atoms with Crippen molar-refractivity contribution in [3.8, 4) is 0 Å². The van der Waals surface area contributed by atoms with Gasteiger partial charge in [-0.1, -0.05) is 18.2 Å². The first kappa shape index (κ1) is 24.9. The van der Waals surface area contributed by atoms with E-state index in [0.29, 0.717) is 38.7 Å². The van der Waals surface area contributed by atoms with Gasteiger partial charge in [-0.2, -0.15) is 10.1 Å². The van der Waals surface area contributed by atoms with E-state index in [-0.39, 0.29) is 32.1 Å². The molecule has 1 aromatic rings. The second kappa shape index (κ2) is 13.1. The van der Waals surface area contributed by atoms with Crippen LogP contribution in [0, 0.1) is 5.92 Å². The summed E-state index contributed by atoms with van der Waals surface area (Å²) in [5.41, 5.74) is 0.703. The summed E-state index contributed by atoms with van der Waals surface area (Å²) < 4.78 is 32.2. The molecule has 0 N–H and O–H groups in total. The fraction of sp³-hybridized carbons (Fsp3) is 0.545. The highest BCUT2D eigenvalue weighted by atomic mass is 16.7. The van der Waals surface area contributed by atoms with Crippen LogP contribution >= 0.6 is 0 Å². The number of benzene rings is 1. The zero-order chi connectivity index (χ0) is 23.5. The SMILES string of the molecule is CC1=NN(c2ccccc2)C(=O)C1C(=O)C(=O)OC1COCCOCCOCCOCCO1. The molecule has 1 fully saturated rings. The maximum atomic E-state index is 12.8. The summed E-state index contributed by atoms with van der Waals surface area (Å²) in [5.74, 6) is -4.18. The largest absolute Gasteiger partial charge is 0.427 e. The van der Waals surface area contributed by atoms with Gasteiger partial charge in [-0.3, -0.25) is 9.59 Å². The Morgan fingerprint density at radius 1 is 0.909 bits per heavy atom. The van der Waals surface area contributed by atoms with Gasteiger partial charge in [0.1, 0.15) is 6.61 Å². The number of hydrogen-bond donors (Lipinski definition) is 0. The third kappa shape index (κ3) is 7.41. The summed E-state index contributed by atoms with van der Waals surface area (Å²) in [6, 6.07) is 8.64. The predicted octanol–water partition coefficient (Wildman–Crippen LogP) is 0.560. The van der Waals surface area contributed by atoms with Crippen LogP contribution < -0.4 is 5.01 Å². The molecule has 0 aromatic heterocycles. The fourth-order valence-electron chi connectivity index (χ4n) is 3.11. The first-order valence-corrected chi connectivity index (χ1v) is 10.7. The van der Waals surface area contributed by atoms with Crippen LogP contribution in [0.4, 0.5) is 5.69 Å². The Hall–Kier alpha value is -2.70. The summed E-state index contributed by atoms with van der Waals surface area (Å²) in [5, 5.41) is 5.25. The third-order valence-electron chi connectivity index (χ3n) is 4.74. The second-order valence-corrected chi connectivity index (χ2v) is 7.14. The number of hydrazone groups is 1. The van der Waals surface area contributed by atoms with Gasteiger partial charge in [0.05, 0.1) is 64.3 Å². The Kier molecular flexibility index (Phi) is 9.91. The molecule has 0 saturated carbocycles. The Balaban J connectivity index is 1.57. The molecule has 2 aliphatic heterocycles. The van der Waals surface area contributed by atoms with E-state index in [0.717, 1.165) is 5.01 Å². The minimum Gasteiger partial charge on any atom is -0.427 e. The minimum absolute atomic E-state index is 0.108. The number of nitrogens with zero attached hydrogens (tertiary/aromatic N) is 2. The molecule has 33 heavy (non-hydrogen) atoms. The highest BCUT2D eigenvalue weighted by Crippen LogP contribution is 2.24. The summed E-state index contributed by atoms with van der Waals surface area (Å²) in [6.45, 7) is 3.98. The molecule has 2 unspecified atom stereocenters. The van der Waals surface area contributed by atoms with Crippen LogP contribution in [0.5, 0.6) is 0 Å². The lowest BCUT2D eigenvalue weighted by molar-refractivity contribution is -0.196. The van der Waals surface area contributed by atoms with Gasteiger partial charge >= 0.3 is 5.97 Å². The number of amides is 1. The van der Waals surface area contributed by atoms with E-state index in [1.807, 2.05) is 0 Å². The number of para-hydroxylation sites is 1. The number of carbonyl (C=O) groups is 3. The molecule has 1 amide bonds. The van der Waals surface area contributed by atoms with Crippen LogP contribution in [-0.2, 0) is 42.8 Å². The molecule has 11 nitrogen and oxygen atoms in total. The summed E-state index contributed by atoms with van der Waals surface area (Å²) in [7, 11) is 0. The number of rotatable bonds is 4. The molecule has 1 aromatic carbocycles. The topological polar surface area (TPSA) is 122 Å². The Morgan fingerprint density at radius 3 is 2.12 bits per heavy atom. The quantitative estimate of drug-likeness (QED) is 0.357. The van der Waals surface area contributed by atoms with E-state index in [4.69, 9.17) is 28.4 Å². The van der Waals surface area contributed by atoms with Crippen molar-refractivity contribution in [1.82, 2.24) is 0 Å². The lowest BCUT2D eigenvalue weighted by atomic mass is 9.99. The predicted molar refractivity (Wildman–Crippen MR) is 115 cm³/mol. The van der Waals surface area contributed by atoms with Crippen molar-refractivity contribution < 1.29 is 42.8 Å². The smallest absolute Gasteiger partial charge is 0.378 e. The number of carbonyl (C=O) groups excluding carboxylic acids is 3. The fourth-order valence-corrected chi connectivity index (χ4v) is 3.11. The molecular weight excluding hydrogens is 436 g/mol. The van der Waals surface area contributed by atoms with Crippen molar-refractivity contribution in [3.63, 3.8) is 0 Å². The van der Waals surface area contributed by atoms with Crippen LogP contribution in [-0.4, -0.2) is 89.1 Å². The van der Waals surface area contributed by atoms with Crippen LogP contribution in [0.2, 0.25) is 0 Å². The Morgan fingerprint density at radius 2 is 1.48 bits per heavy atom. The number of hydrogen-bond acceptors (Lipinski definition) is 10. The average Bonchev–Trinajstić information content (AvgIpc) is 3.11. The van der Waals surface area contributed by atoms with Crippen molar-refractivity contribution in [2.24, 2.45) is 11.0 Å². The van der Waals surface area contributed by atoms with Crippen molar-refractivity contribution in [1.29, 1.82) is 0 Å². The van der Waals surface area contributed by atoms with E-state index in [1.165, 1.54) is 6.92 Å². The number of ether oxygens (including phenoxy) is 6. The highest BCUT2D eigenvalue weighted by Gasteiger charge is 2.43. The first-order chi connectivity index (χ1) is 16.1. The lowest BCUT2D eigenvalue weighted by Crippen LogP contribution is -2.39. The van der Waals surface area contributed by atoms with Crippen LogP contribution in [0.25, 0.3) is 0 Å². The van der Waals surface area contributed by atoms with Gasteiger partial charge in [-0.15, -0.1) is 0 Å². The summed E-state index contributed by atoms with van der Waals surface area (Å²) in [6.07, 6.45) is -1.15. The Labute approximate surface area is 191 Å². The van der Waals surface area contributed by atoms with Crippen molar-refractivity contribution >= 4 is 29.1 Å². The number of esters is 1. The summed E-state index contributed by atoms with van der Waals surface area (Å²) in [4.78, 5) is 38.1. The van der Waals surface area contributed by atoms with Gasteiger partial charge in [0.2, 0.25) is 6.29 Å². The van der Waals surface area contributed by atoms with Crippen molar-refractivity contribution in [2.45, 2.75) is 13.2 Å². The standard InChI is InChI=1S/C22H28N2O9/c1-16-19(21(26)24(23-16)17-5-3-2-4-6-17)20(25)22(27)33-18-15-31-12-11-29-8-7-28-9-10-30-13-14-32-18/h2-6,18-19H,7-15H2,1H3. The Bertz CT molecular complexity index is 814. The molecule has 0 spiro atoms. The summed E-state index contributed by atoms with van der Waals surface area (Å²) >= 11 is 0. The van der Waals surface area contributed by atoms with Gasteiger partial charge in [-0.25, -0.2) is 4.79 Å². The normalized spacial score (nSPS) is 23.8. The van der Waals surface area contributed by atoms with E-state index >= 15 is 0 Å². The van der Waals surface area contributed by atoms with Gasteiger partial charge in [0, 0.05) is 0 Å². The van der Waals surface area contributed by atoms with Crippen LogP contribution in [0.3, 0.4) is 0 Å².